The molecule has 1 aliphatic rings. The second-order valence-electron chi connectivity index (χ2n) is 6.92. The molecule has 162 valence electrons. The number of nitrogens with zero attached hydrogens (tertiary/aromatic N) is 3. The van der Waals surface area contributed by atoms with Crippen LogP contribution in [-0.2, 0) is 22.3 Å². The Kier molecular flexibility index (Phi) is 6.61. The van der Waals surface area contributed by atoms with Gasteiger partial charge >= 0.3 is 6.18 Å². The van der Waals surface area contributed by atoms with Crippen LogP contribution in [0, 0.1) is 0 Å². The minimum absolute atomic E-state index is 0.0853. The molecule has 2 amide bonds. The van der Waals surface area contributed by atoms with Crippen LogP contribution in [0.1, 0.15) is 43.5 Å². The third-order valence-corrected chi connectivity index (χ3v) is 5.78. The molecule has 1 aromatic heterocycles. The first-order valence-corrected chi connectivity index (χ1v) is 10.4. The van der Waals surface area contributed by atoms with Crippen LogP contribution < -0.4 is 11.1 Å². The number of thioether (sulfide) groups is 1. The van der Waals surface area contributed by atoms with Crippen molar-refractivity contribution in [2.45, 2.75) is 55.2 Å². The second kappa shape index (κ2) is 8.84. The summed E-state index contributed by atoms with van der Waals surface area (Å²) in [5.74, 6) is -0.129. The third-order valence-electron chi connectivity index (χ3n) is 4.47. The monoisotopic (exact) mass is 461 g/mol. The average Bonchev–Trinajstić information content (AvgIpc) is 3.42. The minimum Gasteiger partial charge on any atom is -0.370 e. The summed E-state index contributed by atoms with van der Waals surface area (Å²) in [5, 5.41) is 10.1. The maximum absolute atomic E-state index is 13.2. The van der Waals surface area contributed by atoms with Crippen LogP contribution in [0.2, 0.25) is 5.02 Å². The molecule has 0 radical (unpaired) electrons. The number of primary amides is 1. The molecule has 3 N–H and O–H groups in total. The Morgan fingerprint density at radius 3 is 2.67 bits per heavy atom. The van der Waals surface area contributed by atoms with Gasteiger partial charge in [-0.1, -0.05) is 23.4 Å². The highest BCUT2D eigenvalue weighted by atomic mass is 35.5. The van der Waals surface area contributed by atoms with E-state index in [1.54, 1.807) is 11.5 Å². The number of hydrogen-bond donors (Lipinski definition) is 2. The van der Waals surface area contributed by atoms with Crippen LogP contribution in [0.15, 0.2) is 23.4 Å². The van der Waals surface area contributed by atoms with Gasteiger partial charge in [-0.2, -0.15) is 13.2 Å². The number of carbonyl (C=O) groups excluding carboxylic acids is 2. The van der Waals surface area contributed by atoms with Crippen molar-refractivity contribution in [2.75, 3.05) is 5.32 Å². The summed E-state index contributed by atoms with van der Waals surface area (Å²) >= 11 is 6.71. The summed E-state index contributed by atoms with van der Waals surface area (Å²) in [6.45, 7) is 1.83. The van der Waals surface area contributed by atoms with Crippen LogP contribution in [0.25, 0.3) is 0 Å². The number of nitrogens with two attached hydrogens (primary N) is 1. The number of rotatable bonds is 8. The van der Waals surface area contributed by atoms with Gasteiger partial charge in [0, 0.05) is 23.9 Å². The van der Waals surface area contributed by atoms with Gasteiger partial charge in [0.15, 0.2) is 5.16 Å². The molecule has 1 atom stereocenters. The van der Waals surface area contributed by atoms with E-state index < -0.39 is 28.8 Å². The predicted molar refractivity (Wildman–Crippen MR) is 106 cm³/mol. The van der Waals surface area contributed by atoms with Crippen molar-refractivity contribution in [2.24, 2.45) is 5.73 Å². The number of anilines is 1. The standard InChI is InChI=1S/C18H19ClF3N5O2S/c1-9(16(29)24-13-5-4-11(19)8-12(13)18(20,21)22)30-17-26-25-15(10-2-3-10)27(17)7-6-14(23)28/h4-5,8-10H,2-3,6-7H2,1H3,(H2,23,28)(H,24,29). The van der Waals surface area contributed by atoms with E-state index in [0.29, 0.717) is 5.16 Å². The van der Waals surface area contributed by atoms with Gasteiger partial charge in [-0.3, -0.25) is 9.59 Å². The largest absolute Gasteiger partial charge is 0.418 e. The summed E-state index contributed by atoms with van der Waals surface area (Å²) in [4.78, 5) is 23.7. The van der Waals surface area contributed by atoms with E-state index in [4.69, 9.17) is 17.3 Å². The number of carbonyl (C=O) groups is 2. The van der Waals surface area contributed by atoms with E-state index in [0.717, 1.165) is 42.6 Å². The van der Waals surface area contributed by atoms with Gasteiger partial charge in [-0.05, 0) is 38.0 Å². The number of benzene rings is 1. The molecule has 1 saturated carbocycles. The fourth-order valence-electron chi connectivity index (χ4n) is 2.77. The van der Waals surface area contributed by atoms with Gasteiger partial charge in [0.1, 0.15) is 5.82 Å². The molecule has 12 heteroatoms. The van der Waals surface area contributed by atoms with Crippen LogP contribution in [0.4, 0.5) is 18.9 Å². The molecule has 1 aliphatic carbocycles. The number of nitrogens with one attached hydrogen (secondary N) is 1. The van der Waals surface area contributed by atoms with Crippen LogP contribution in [-0.4, -0.2) is 31.8 Å². The summed E-state index contributed by atoms with van der Waals surface area (Å²) in [6, 6.07) is 3.14. The van der Waals surface area contributed by atoms with Gasteiger partial charge in [0.25, 0.3) is 0 Å². The van der Waals surface area contributed by atoms with E-state index >= 15 is 0 Å². The highest BCUT2D eigenvalue weighted by Crippen LogP contribution is 2.41. The molecule has 30 heavy (non-hydrogen) atoms. The highest BCUT2D eigenvalue weighted by molar-refractivity contribution is 8.00. The molecule has 1 heterocycles. The van der Waals surface area contributed by atoms with Gasteiger partial charge in [0.2, 0.25) is 11.8 Å². The normalized spacial score (nSPS) is 15.1. The molecular weight excluding hydrogens is 443 g/mol. The quantitative estimate of drug-likeness (QED) is 0.582. The van der Waals surface area contributed by atoms with Crippen molar-refractivity contribution in [1.82, 2.24) is 14.8 Å². The number of alkyl halides is 3. The van der Waals surface area contributed by atoms with E-state index in [2.05, 4.69) is 15.5 Å². The molecular formula is C18H19ClF3N5O2S. The van der Waals surface area contributed by atoms with E-state index in [-0.39, 0.29) is 29.6 Å². The molecule has 1 unspecified atom stereocenters. The zero-order valence-corrected chi connectivity index (χ0v) is 17.4. The highest BCUT2D eigenvalue weighted by Gasteiger charge is 2.35. The zero-order valence-electron chi connectivity index (χ0n) is 15.9. The Balaban J connectivity index is 1.75. The molecule has 0 aliphatic heterocycles. The van der Waals surface area contributed by atoms with Crippen molar-refractivity contribution in [3.8, 4) is 0 Å². The Morgan fingerprint density at radius 1 is 1.37 bits per heavy atom. The maximum atomic E-state index is 13.2. The van der Waals surface area contributed by atoms with Crippen molar-refractivity contribution < 1.29 is 22.8 Å². The lowest BCUT2D eigenvalue weighted by Crippen LogP contribution is -2.25. The zero-order chi connectivity index (χ0) is 22.1. The minimum atomic E-state index is -4.67. The summed E-state index contributed by atoms with van der Waals surface area (Å²) < 4.78 is 41.5. The summed E-state index contributed by atoms with van der Waals surface area (Å²) in [5.41, 5.74) is 3.83. The first-order chi connectivity index (χ1) is 14.1. The van der Waals surface area contributed by atoms with E-state index in [1.807, 2.05) is 0 Å². The molecule has 1 fully saturated rings. The maximum Gasteiger partial charge on any atom is 0.418 e. The topological polar surface area (TPSA) is 103 Å². The fraction of sp³-hybridized carbons (Fsp3) is 0.444. The first kappa shape index (κ1) is 22.4. The van der Waals surface area contributed by atoms with Crippen molar-refractivity contribution >= 4 is 40.9 Å². The second-order valence-corrected chi connectivity index (χ2v) is 8.66. The molecule has 0 bridgehead atoms. The van der Waals surface area contributed by atoms with E-state index in [1.165, 1.54) is 6.07 Å². The van der Waals surface area contributed by atoms with Gasteiger partial charge < -0.3 is 15.6 Å². The molecule has 0 saturated heterocycles. The Labute approximate surface area is 179 Å². The SMILES string of the molecule is CC(Sc1nnc(C2CC2)n1CCC(N)=O)C(=O)Nc1ccc(Cl)cc1C(F)(F)F. The van der Waals surface area contributed by atoms with Crippen LogP contribution in [0.5, 0.6) is 0 Å². The Hall–Kier alpha value is -2.27. The van der Waals surface area contributed by atoms with Crippen LogP contribution in [0.3, 0.4) is 0 Å². The lowest BCUT2D eigenvalue weighted by Gasteiger charge is -2.17. The number of halogens is 4. The molecule has 2 aromatic rings. The Morgan fingerprint density at radius 2 is 2.07 bits per heavy atom. The number of amides is 2. The molecule has 3 rings (SSSR count). The average molecular weight is 462 g/mol. The van der Waals surface area contributed by atoms with Crippen molar-refractivity contribution in [1.29, 1.82) is 0 Å². The third kappa shape index (κ3) is 5.45. The van der Waals surface area contributed by atoms with Gasteiger partial charge in [-0.15, -0.1) is 10.2 Å². The van der Waals surface area contributed by atoms with Crippen molar-refractivity contribution in [3.05, 3.63) is 34.6 Å². The summed E-state index contributed by atoms with van der Waals surface area (Å²) in [7, 11) is 0. The smallest absolute Gasteiger partial charge is 0.370 e. The molecule has 1 aromatic carbocycles. The Bertz CT molecular complexity index is 962. The lowest BCUT2D eigenvalue weighted by molar-refractivity contribution is -0.137. The number of aromatic nitrogens is 3. The van der Waals surface area contributed by atoms with Crippen molar-refractivity contribution in [3.63, 3.8) is 0 Å². The van der Waals surface area contributed by atoms with E-state index in [9.17, 15) is 22.8 Å². The fourth-order valence-corrected chi connectivity index (χ4v) is 3.82. The van der Waals surface area contributed by atoms with Gasteiger partial charge in [-0.25, -0.2) is 0 Å². The first-order valence-electron chi connectivity index (χ1n) is 9.12. The van der Waals surface area contributed by atoms with Gasteiger partial charge in [0.05, 0.1) is 16.5 Å². The number of hydrogen-bond acceptors (Lipinski definition) is 5. The van der Waals surface area contributed by atoms with Crippen LogP contribution >= 0.6 is 23.4 Å². The predicted octanol–water partition coefficient (Wildman–Crippen LogP) is 3.82. The lowest BCUT2D eigenvalue weighted by atomic mass is 10.1. The summed E-state index contributed by atoms with van der Waals surface area (Å²) in [6.07, 6.45) is -2.65. The molecule has 7 nitrogen and oxygen atoms in total. The molecule has 0 spiro atoms.